The van der Waals surface area contributed by atoms with Crippen LogP contribution in [0.1, 0.15) is 5.56 Å². The fraction of sp³-hybridized carbons (Fsp3) is 0.222. The van der Waals surface area contributed by atoms with Gasteiger partial charge in [-0.3, -0.25) is 0 Å². The molecular formula is C9H5F2NO3. The fourth-order valence-electron chi connectivity index (χ4n) is 1.23. The first-order valence-corrected chi connectivity index (χ1v) is 3.94. The molecule has 0 aliphatic carbocycles. The van der Waals surface area contributed by atoms with E-state index in [-0.39, 0.29) is 22.8 Å². The molecule has 0 fully saturated rings. The second-order valence-corrected chi connectivity index (χ2v) is 2.78. The number of fused-ring (bicyclic) bond motifs is 1. The zero-order valence-electron chi connectivity index (χ0n) is 7.58. The molecular weight excluding hydrogens is 208 g/mol. The predicted octanol–water partition coefficient (Wildman–Crippen LogP) is 1.89. The molecule has 1 aromatic rings. The van der Waals surface area contributed by atoms with E-state index in [9.17, 15) is 8.78 Å². The lowest BCUT2D eigenvalue weighted by atomic mass is 10.2. The van der Waals surface area contributed by atoms with Crippen molar-refractivity contribution in [2.24, 2.45) is 0 Å². The van der Waals surface area contributed by atoms with Crippen molar-refractivity contribution in [2.75, 3.05) is 7.11 Å². The number of halogens is 2. The van der Waals surface area contributed by atoms with Gasteiger partial charge in [-0.25, -0.2) is 0 Å². The molecule has 6 heteroatoms. The minimum Gasteiger partial charge on any atom is -0.495 e. The first-order chi connectivity index (χ1) is 7.05. The summed E-state index contributed by atoms with van der Waals surface area (Å²) in [6.07, 6.45) is -3.68. The number of hydrogen-bond donors (Lipinski definition) is 0. The van der Waals surface area contributed by atoms with Gasteiger partial charge in [-0.2, -0.15) is 5.26 Å². The Morgan fingerprint density at radius 1 is 1.33 bits per heavy atom. The van der Waals surface area contributed by atoms with Crippen molar-refractivity contribution in [3.05, 3.63) is 17.7 Å². The second-order valence-electron chi connectivity index (χ2n) is 2.78. The monoisotopic (exact) mass is 213 g/mol. The van der Waals surface area contributed by atoms with Crippen LogP contribution >= 0.6 is 0 Å². The summed E-state index contributed by atoms with van der Waals surface area (Å²) in [5, 5.41) is 8.70. The van der Waals surface area contributed by atoms with Crippen molar-refractivity contribution < 1.29 is 23.0 Å². The molecule has 1 aliphatic heterocycles. The number of nitrogens with zero attached hydrogens (tertiary/aromatic N) is 1. The number of ether oxygens (including phenoxy) is 3. The second kappa shape index (κ2) is 2.98. The molecule has 0 radical (unpaired) electrons. The molecule has 0 spiro atoms. The summed E-state index contributed by atoms with van der Waals surface area (Å²) in [6.45, 7) is 0. The van der Waals surface area contributed by atoms with Crippen LogP contribution in [0.3, 0.4) is 0 Å². The predicted molar refractivity (Wildman–Crippen MR) is 43.9 cm³/mol. The van der Waals surface area contributed by atoms with E-state index < -0.39 is 6.29 Å². The van der Waals surface area contributed by atoms with E-state index in [0.717, 1.165) is 6.07 Å². The van der Waals surface area contributed by atoms with Crippen LogP contribution in [0.5, 0.6) is 17.2 Å². The Morgan fingerprint density at radius 3 is 2.47 bits per heavy atom. The Kier molecular flexibility index (Phi) is 1.89. The topological polar surface area (TPSA) is 51.5 Å². The first-order valence-electron chi connectivity index (χ1n) is 3.94. The average molecular weight is 213 g/mol. The molecule has 2 rings (SSSR count). The van der Waals surface area contributed by atoms with E-state index in [4.69, 9.17) is 10.00 Å². The minimum atomic E-state index is -3.68. The largest absolute Gasteiger partial charge is 0.586 e. The number of rotatable bonds is 1. The summed E-state index contributed by atoms with van der Waals surface area (Å²) < 4.78 is 38.5. The number of nitriles is 1. The number of benzene rings is 1. The summed E-state index contributed by atoms with van der Waals surface area (Å²) in [5.74, 6) is -0.147. The third kappa shape index (κ3) is 1.52. The summed E-state index contributed by atoms with van der Waals surface area (Å²) in [4.78, 5) is 0. The Hall–Kier alpha value is -2.03. The van der Waals surface area contributed by atoms with Gasteiger partial charge in [0.2, 0.25) is 0 Å². The maximum absolute atomic E-state index is 12.6. The van der Waals surface area contributed by atoms with Gasteiger partial charge in [-0.15, -0.1) is 8.78 Å². The van der Waals surface area contributed by atoms with Gasteiger partial charge >= 0.3 is 6.29 Å². The van der Waals surface area contributed by atoms with Gasteiger partial charge in [0.05, 0.1) is 12.7 Å². The zero-order valence-corrected chi connectivity index (χ0v) is 7.58. The highest BCUT2D eigenvalue weighted by molar-refractivity contribution is 5.56. The van der Waals surface area contributed by atoms with Crippen molar-refractivity contribution in [3.63, 3.8) is 0 Å². The quantitative estimate of drug-likeness (QED) is 0.714. The van der Waals surface area contributed by atoms with Crippen molar-refractivity contribution in [1.82, 2.24) is 0 Å². The third-order valence-electron chi connectivity index (χ3n) is 1.84. The van der Waals surface area contributed by atoms with Crippen LogP contribution in [-0.4, -0.2) is 13.4 Å². The van der Waals surface area contributed by atoms with Crippen molar-refractivity contribution in [1.29, 1.82) is 5.26 Å². The van der Waals surface area contributed by atoms with Gasteiger partial charge in [-0.1, -0.05) is 0 Å². The van der Waals surface area contributed by atoms with Crippen LogP contribution in [0.15, 0.2) is 12.1 Å². The van der Waals surface area contributed by atoms with Crippen LogP contribution in [0.4, 0.5) is 8.78 Å². The van der Waals surface area contributed by atoms with Gasteiger partial charge < -0.3 is 14.2 Å². The molecule has 0 amide bonds. The van der Waals surface area contributed by atoms with Gasteiger partial charge in [-0.05, 0) is 0 Å². The third-order valence-corrected chi connectivity index (χ3v) is 1.84. The van der Waals surface area contributed by atoms with E-state index in [0.29, 0.717) is 0 Å². The molecule has 4 nitrogen and oxygen atoms in total. The lowest BCUT2D eigenvalue weighted by molar-refractivity contribution is -0.286. The van der Waals surface area contributed by atoms with Gasteiger partial charge in [0, 0.05) is 12.1 Å². The van der Waals surface area contributed by atoms with Gasteiger partial charge in [0.15, 0.2) is 11.5 Å². The van der Waals surface area contributed by atoms with E-state index in [1.165, 1.54) is 13.2 Å². The molecule has 0 saturated carbocycles. The SMILES string of the molecule is COc1cc2c(cc1C#N)OC(F)(F)O2. The molecule has 1 aromatic carbocycles. The summed E-state index contributed by atoms with van der Waals surface area (Å²) in [6, 6.07) is 4.14. The molecule has 1 aliphatic rings. The lowest BCUT2D eigenvalue weighted by Crippen LogP contribution is -2.25. The maximum Gasteiger partial charge on any atom is 0.586 e. The Labute approximate surface area is 83.6 Å². The highest BCUT2D eigenvalue weighted by Crippen LogP contribution is 2.44. The minimum absolute atomic E-state index is 0.109. The number of alkyl halides is 2. The Morgan fingerprint density at radius 2 is 1.93 bits per heavy atom. The molecule has 78 valence electrons. The molecule has 0 unspecified atom stereocenters. The summed E-state index contributed by atoms with van der Waals surface area (Å²) >= 11 is 0. The molecule has 0 N–H and O–H groups in total. The van der Waals surface area contributed by atoms with Gasteiger partial charge in [0.25, 0.3) is 0 Å². The van der Waals surface area contributed by atoms with Gasteiger partial charge in [0.1, 0.15) is 11.8 Å². The molecule has 15 heavy (non-hydrogen) atoms. The highest BCUT2D eigenvalue weighted by Gasteiger charge is 2.44. The molecule has 0 bridgehead atoms. The van der Waals surface area contributed by atoms with Crippen LogP contribution in [0.2, 0.25) is 0 Å². The molecule has 1 heterocycles. The standard InChI is InChI=1S/C9H5F2NO3/c1-13-6-3-8-7(2-5(6)4-12)14-9(10,11)15-8/h2-3H,1H3. The Balaban J connectivity index is 2.50. The number of methoxy groups -OCH3 is 1. The highest BCUT2D eigenvalue weighted by atomic mass is 19.3. The van der Waals surface area contributed by atoms with E-state index >= 15 is 0 Å². The van der Waals surface area contributed by atoms with E-state index in [1.807, 2.05) is 0 Å². The van der Waals surface area contributed by atoms with E-state index in [2.05, 4.69) is 9.47 Å². The van der Waals surface area contributed by atoms with Crippen LogP contribution < -0.4 is 14.2 Å². The summed E-state index contributed by atoms with van der Waals surface area (Å²) in [5.41, 5.74) is 0.109. The number of hydrogen-bond acceptors (Lipinski definition) is 4. The molecule has 0 atom stereocenters. The maximum atomic E-state index is 12.6. The zero-order chi connectivity index (χ0) is 11.1. The van der Waals surface area contributed by atoms with Crippen LogP contribution in [0, 0.1) is 11.3 Å². The van der Waals surface area contributed by atoms with Crippen molar-refractivity contribution in [2.45, 2.75) is 6.29 Å². The van der Waals surface area contributed by atoms with Crippen molar-refractivity contribution >= 4 is 0 Å². The average Bonchev–Trinajstić information content (AvgIpc) is 2.48. The first kappa shape index (κ1) is 9.52. The molecule has 0 aromatic heterocycles. The fourth-order valence-corrected chi connectivity index (χ4v) is 1.23. The smallest absolute Gasteiger partial charge is 0.495 e. The lowest BCUT2D eigenvalue weighted by Gasteiger charge is -2.04. The van der Waals surface area contributed by atoms with Crippen LogP contribution in [-0.2, 0) is 0 Å². The Bertz CT molecular complexity index is 453. The van der Waals surface area contributed by atoms with E-state index in [1.54, 1.807) is 6.07 Å². The van der Waals surface area contributed by atoms with Crippen molar-refractivity contribution in [3.8, 4) is 23.3 Å². The normalized spacial score (nSPS) is 15.9. The summed E-state index contributed by atoms with van der Waals surface area (Å²) in [7, 11) is 1.33. The van der Waals surface area contributed by atoms with Crippen LogP contribution in [0.25, 0.3) is 0 Å². The molecule has 0 saturated heterocycles.